The van der Waals surface area contributed by atoms with Crippen molar-refractivity contribution in [3.63, 3.8) is 0 Å². The number of anilines is 1. The number of hydrogen-bond donors (Lipinski definition) is 1. The van der Waals surface area contributed by atoms with Gasteiger partial charge in [-0.2, -0.15) is 13.2 Å². The summed E-state index contributed by atoms with van der Waals surface area (Å²) in [5.74, 6) is -0.991. The Hall–Kier alpha value is -3.32. The number of tetrazole rings is 1. The average Bonchev–Trinajstić information content (AvgIpc) is 3.15. The van der Waals surface area contributed by atoms with Crippen LogP contribution in [0.15, 0.2) is 41.3 Å². The molecule has 1 atom stereocenters. The van der Waals surface area contributed by atoms with E-state index in [1.54, 1.807) is 24.3 Å². The van der Waals surface area contributed by atoms with Gasteiger partial charge in [-0.05, 0) is 51.4 Å². The van der Waals surface area contributed by atoms with Gasteiger partial charge in [-0.25, -0.2) is 4.68 Å². The first kappa shape index (κ1) is 23.3. The third-order valence-electron chi connectivity index (χ3n) is 4.34. The van der Waals surface area contributed by atoms with Crippen molar-refractivity contribution in [1.29, 1.82) is 0 Å². The van der Waals surface area contributed by atoms with Crippen LogP contribution in [0.4, 0.5) is 19.1 Å². The first-order chi connectivity index (χ1) is 15.1. The first-order valence-electron chi connectivity index (χ1n) is 8.99. The molecule has 0 radical (unpaired) electrons. The lowest BCUT2D eigenvalue weighted by molar-refractivity contribution is -0.139. The fraction of sp³-hybridized carbons (Fsp3) is 0.263. The van der Waals surface area contributed by atoms with Crippen molar-refractivity contribution in [2.75, 3.05) is 18.7 Å². The van der Waals surface area contributed by atoms with Gasteiger partial charge in [-0.1, -0.05) is 17.2 Å². The highest BCUT2D eigenvalue weighted by Crippen LogP contribution is 2.42. The lowest BCUT2D eigenvalue weighted by atomic mass is 10.1. The van der Waals surface area contributed by atoms with E-state index in [-0.39, 0.29) is 23.0 Å². The molecule has 1 N–H and O–H groups in total. The maximum atomic E-state index is 13.7. The van der Waals surface area contributed by atoms with Crippen molar-refractivity contribution in [2.24, 2.45) is 7.05 Å². The molecule has 1 amide bonds. The number of carbonyl (C=O) groups is 1. The average molecular weight is 469 g/mol. The van der Waals surface area contributed by atoms with Gasteiger partial charge in [-0.3, -0.25) is 10.1 Å². The topological polar surface area (TPSA) is 114 Å². The molecule has 3 rings (SSSR count). The molecule has 0 saturated heterocycles. The molecule has 9 nitrogen and oxygen atoms in total. The number of benzene rings is 2. The van der Waals surface area contributed by atoms with Gasteiger partial charge in [0.05, 0.1) is 12.7 Å². The summed E-state index contributed by atoms with van der Waals surface area (Å²) in [5.41, 5.74) is -0.855. The molecule has 1 heterocycles. The molecular formula is C19H18F3N5O4S. The number of alkyl halides is 3. The summed E-state index contributed by atoms with van der Waals surface area (Å²) in [7, 11) is 2.95. The van der Waals surface area contributed by atoms with Crippen molar-refractivity contribution >= 4 is 23.0 Å². The van der Waals surface area contributed by atoms with E-state index in [0.717, 1.165) is 17.0 Å². The van der Waals surface area contributed by atoms with Gasteiger partial charge >= 0.3 is 6.18 Å². The second-order valence-electron chi connectivity index (χ2n) is 6.49. The molecule has 3 aromatic rings. The van der Waals surface area contributed by atoms with Crippen LogP contribution in [-0.2, 0) is 31.0 Å². The van der Waals surface area contributed by atoms with E-state index in [9.17, 15) is 22.5 Å². The Balaban J connectivity index is 2.01. The normalized spacial score (nSPS) is 12.3. The summed E-state index contributed by atoms with van der Waals surface area (Å²) in [4.78, 5) is 12.4. The molecule has 170 valence electrons. The molecule has 0 spiro atoms. The fourth-order valence-electron chi connectivity index (χ4n) is 2.77. The molecule has 1 unspecified atom stereocenters. The highest BCUT2D eigenvalue weighted by molar-refractivity contribution is 7.90. The van der Waals surface area contributed by atoms with Crippen LogP contribution in [0, 0.1) is 0 Å². The van der Waals surface area contributed by atoms with E-state index < -0.39 is 34.6 Å². The maximum Gasteiger partial charge on any atom is 0.420 e. The number of rotatable bonds is 7. The molecule has 0 aliphatic heterocycles. The number of nitrogens with zero attached hydrogens (tertiary/aromatic N) is 4. The second kappa shape index (κ2) is 9.44. The Morgan fingerprint density at radius 1 is 1.22 bits per heavy atom. The van der Waals surface area contributed by atoms with E-state index in [4.69, 9.17) is 9.47 Å². The van der Waals surface area contributed by atoms with Gasteiger partial charge in [0.15, 0.2) is 5.75 Å². The second-order valence-corrected chi connectivity index (χ2v) is 7.80. The zero-order valence-corrected chi connectivity index (χ0v) is 18.0. The van der Waals surface area contributed by atoms with Gasteiger partial charge < -0.3 is 14.0 Å². The van der Waals surface area contributed by atoms with Gasteiger partial charge in [0.25, 0.3) is 5.91 Å². The number of aromatic nitrogens is 4. The Bertz CT molecular complexity index is 1100. The summed E-state index contributed by atoms with van der Waals surface area (Å²) in [6, 6.07) is 8.14. The number of methoxy groups -OCH3 is 1. The largest absolute Gasteiger partial charge is 0.612 e. The number of hydrogen-bond acceptors (Lipinski definition) is 7. The minimum Gasteiger partial charge on any atom is -0.612 e. The minimum atomic E-state index is -4.80. The highest BCUT2D eigenvalue weighted by atomic mass is 32.2. The molecule has 0 fully saturated rings. The third-order valence-corrected chi connectivity index (χ3v) is 5.32. The van der Waals surface area contributed by atoms with Crippen LogP contribution in [0.25, 0.3) is 0 Å². The van der Waals surface area contributed by atoms with Gasteiger partial charge in [0, 0.05) is 7.05 Å². The molecule has 2 aromatic carbocycles. The number of carbonyl (C=O) groups excluding carboxylic acids is 1. The lowest BCUT2D eigenvalue weighted by Gasteiger charge is -2.20. The van der Waals surface area contributed by atoms with Crippen LogP contribution in [0.1, 0.15) is 21.5 Å². The van der Waals surface area contributed by atoms with Gasteiger partial charge in [0.1, 0.15) is 24.2 Å². The molecule has 13 heteroatoms. The first-order valence-corrected chi connectivity index (χ1v) is 10.5. The summed E-state index contributed by atoms with van der Waals surface area (Å²) in [5, 5.41) is 12.9. The van der Waals surface area contributed by atoms with Crippen molar-refractivity contribution in [3.05, 3.63) is 53.1 Å². The van der Waals surface area contributed by atoms with Crippen LogP contribution in [-0.4, -0.2) is 44.0 Å². The van der Waals surface area contributed by atoms with E-state index in [1.165, 1.54) is 14.2 Å². The van der Waals surface area contributed by atoms with E-state index >= 15 is 0 Å². The number of amides is 1. The number of halogens is 3. The lowest BCUT2D eigenvalue weighted by Crippen LogP contribution is -2.21. The molecule has 0 aliphatic carbocycles. The van der Waals surface area contributed by atoms with Crippen LogP contribution in [0.3, 0.4) is 0 Å². The third kappa shape index (κ3) is 5.11. The summed E-state index contributed by atoms with van der Waals surface area (Å²) in [6.07, 6.45) is -3.64. The Labute approximate surface area is 183 Å². The summed E-state index contributed by atoms with van der Waals surface area (Å²) in [6.45, 7) is -0.254. The summed E-state index contributed by atoms with van der Waals surface area (Å²) >= 11 is -2.00. The number of ether oxygens (including phenoxy) is 2. The quantitative estimate of drug-likeness (QED) is 0.529. The minimum absolute atomic E-state index is 0.0385. The Kier molecular flexibility index (Phi) is 6.89. The molecule has 0 bridgehead atoms. The van der Waals surface area contributed by atoms with E-state index in [1.807, 2.05) is 0 Å². The fourth-order valence-corrected chi connectivity index (χ4v) is 3.68. The number of nitrogens with one attached hydrogen (secondary N) is 1. The molecule has 1 aromatic heterocycles. The monoisotopic (exact) mass is 469 g/mol. The van der Waals surface area contributed by atoms with Crippen molar-refractivity contribution in [1.82, 2.24) is 20.2 Å². The van der Waals surface area contributed by atoms with Crippen molar-refractivity contribution in [2.45, 2.75) is 17.7 Å². The maximum absolute atomic E-state index is 13.7. The molecular weight excluding hydrogens is 451 g/mol. The Morgan fingerprint density at radius 2 is 1.91 bits per heavy atom. The SMILES string of the molecule is COc1ccc(COc2c(C(F)(F)F)ccc(C(=O)Nc3nnnn3C)c2[S+](C)[O-])cc1. The van der Waals surface area contributed by atoms with Crippen LogP contribution in [0.2, 0.25) is 0 Å². The van der Waals surface area contributed by atoms with Crippen molar-refractivity contribution in [3.8, 4) is 11.5 Å². The predicted molar refractivity (Wildman–Crippen MR) is 108 cm³/mol. The number of aryl methyl sites for hydroxylation is 1. The van der Waals surface area contributed by atoms with E-state index in [2.05, 4.69) is 20.8 Å². The van der Waals surface area contributed by atoms with Gasteiger partial charge in [-0.15, -0.1) is 0 Å². The van der Waals surface area contributed by atoms with Crippen LogP contribution < -0.4 is 14.8 Å². The smallest absolute Gasteiger partial charge is 0.420 e. The zero-order valence-electron chi connectivity index (χ0n) is 17.1. The molecule has 32 heavy (non-hydrogen) atoms. The summed E-state index contributed by atoms with van der Waals surface area (Å²) < 4.78 is 65.2. The Morgan fingerprint density at radius 3 is 2.44 bits per heavy atom. The predicted octanol–water partition coefficient (Wildman–Crippen LogP) is 2.81. The standard InChI is InChI=1S/C19H18F3N5O4S/c1-27-18(24-25-26-27)23-17(28)13-8-9-14(19(20,21)22)15(16(13)32(3)29)31-10-11-4-6-12(30-2)7-5-11/h4-9H,10H2,1-3H3,(H,23,24,26,28). The van der Waals surface area contributed by atoms with Crippen molar-refractivity contribution < 1.29 is 32.0 Å². The van der Waals surface area contributed by atoms with Crippen LogP contribution >= 0.6 is 0 Å². The zero-order chi connectivity index (χ0) is 23.5. The van der Waals surface area contributed by atoms with E-state index in [0.29, 0.717) is 17.4 Å². The highest BCUT2D eigenvalue weighted by Gasteiger charge is 2.39. The molecule has 0 saturated carbocycles. The van der Waals surface area contributed by atoms with Gasteiger partial charge in [0.2, 0.25) is 10.8 Å². The van der Waals surface area contributed by atoms with Crippen LogP contribution in [0.5, 0.6) is 11.5 Å². The molecule has 0 aliphatic rings.